The SMILES string of the molecule is Cc1nnc(SCC(=O)Nc2ccc(OC(F)F)cc2)o1. The van der Waals surface area contributed by atoms with Crippen molar-refractivity contribution in [3.05, 3.63) is 30.2 Å². The van der Waals surface area contributed by atoms with Crippen LogP contribution < -0.4 is 10.1 Å². The van der Waals surface area contributed by atoms with Crippen molar-refractivity contribution in [1.29, 1.82) is 0 Å². The number of carbonyl (C=O) groups excluding carboxylic acids is 1. The Morgan fingerprint density at radius 3 is 2.67 bits per heavy atom. The van der Waals surface area contributed by atoms with Crippen LogP contribution in [0.25, 0.3) is 0 Å². The average molecular weight is 315 g/mol. The highest BCUT2D eigenvalue weighted by molar-refractivity contribution is 7.99. The number of carbonyl (C=O) groups is 1. The molecule has 2 aromatic rings. The molecule has 2 rings (SSSR count). The van der Waals surface area contributed by atoms with Gasteiger partial charge in [0.25, 0.3) is 5.22 Å². The molecule has 0 bridgehead atoms. The fourth-order valence-electron chi connectivity index (χ4n) is 1.38. The lowest BCUT2D eigenvalue weighted by Crippen LogP contribution is -2.14. The van der Waals surface area contributed by atoms with Crippen molar-refractivity contribution in [2.75, 3.05) is 11.1 Å². The van der Waals surface area contributed by atoms with Crippen LogP contribution in [0.4, 0.5) is 14.5 Å². The molecular formula is C12H11F2N3O3S. The molecule has 1 N–H and O–H groups in total. The van der Waals surface area contributed by atoms with E-state index in [1.54, 1.807) is 6.92 Å². The molecule has 21 heavy (non-hydrogen) atoms. The van der Waals surface area contributed by atoms with Gasteiger partial charge in [-0.15, -0.1) is 10.2 Å². The number of thioether (sulfide) groups is 1. The summed E-state index contributed by atoms with van der Waals surface area (Å²) in [5.41, 5.74) is 0.476. The van der Waals surface area contributed by atoms with Gasteiger partial charge in [-0.25, -0.2) is 0 Å². The molecule has 9 heteroatoms. The molecule has 1 amide bonds. The summed E-state index contributed by atoms with van der Waals surface area (Å²) in [7, 11) is 0. The Bertz CT molecular complexity index is 604. The molecule has 6 nitrogen and oxygen atoms in total. The Morgan fingerprint density at radius 2 is 2.10 bits per heavy atom. The van der Waals surface area contributed by atoms with Crippen molar-refractivity contribution in [3.63, 3.8) is 0 Å². The topological polar surface area (TPSA) is 77.2 Å². The number of alkyl halides is 2. The average Bonchev–Trinajstić information content (AvgIpc) is 2.84. The van der Waals surface area contributed by atoms with Gasteiger partial charge in [-0.2, -0.15) is 8.78 Å². The van der Waals surface area contributed by atoms with E-state index in [0.717, 1.165) is 11.8 Å². The molecule has 0 aliphatic rings. The molecule has 0 spiro atoms. The summed E-state index contributed by atoms with van der Waals surface area (Å²) in [6.07, 6.45) is 0. The Morgan fingerprint density at radius 1 is 1.38 bits per heavy atom. The predicted octanol–water partition coefficient (Wildman–Crippen LogP) is 2.71. The molecule has 0 aliphatic heterocycles. The zero-order valence-electron chi connectivity index (χ0n) is 10.9. The van der Waals surface area contributed by atoms with Crippen molar-refractivity contribution < 1.29 is 22.7 Å². The Balaban J connectivity index is 1.82. The van der Waals surface area contributed by atoms with Crippen molar-refractivity contribution in [2.45, 2.75) is 18.8 Å². The molecule has 0 radical (unpaired) electrons. The van der Waals surface area contributed by atoms with Crippen LogP contribution in [-0.4, -0.2) is 28.5 Å². The highest BCUT2D eigenvalue weighted by Crippen LogP contribution is 2.19. The summed E-state index contributed by atoms with van der Waals surface area (Å²) >= 11 is 1.10. The zero-order chi connectivity index (χ0) is 15.2. The molecule has 0 saturated carbocycles. The smallest absolute Gasteiger partial charge is 0.387 e. The fraction of sp³-hybridized carbons (Fsp3) is 0.250. The van der Waals surface area contributed by atoms with Crippen LogP contribution in [0.15, 0.2) is 33.9 Å². The van der Waals surface area contributed by atoms with Crippen molar-refractivity contribution in [3.8, 4) is 5.75 Å². The number of amides is 1. The number of anilines is 1. The number of hydrogen-bond donors (Lipinski definition) is 1. The number of nitrogens with one attached hydrogen (secondary N) is 1. The normalized spacial score (nSPS) is 10.7. The maximum absolute atomic E-state index is 12.0. The van der Waals surface area contributed by atoms with Gasteiger partial charge in [0.1, 0.15) is 5.75 Å². The Kier molecular flexibility index (Phi) is 5.09. The van der Waals surface area contributed by atoms with E-state index < -0.39 is 6.61 Å². The van der Waals surface area contributed by atoms with E-state index in [0.29, 0.717) is 16.8 Å². The summed E-state index contributed by atoms with van der Waals surface area (Å²) in [4.78, 5) is 11.7. The van der Waals surface area contributed by atoms with Crippen LogP contribution in [0.1, 0.15) is 5.89 Å². The first-order valence-electron chi connectivity index (χ1n) is 5.80. The second-order valence-corrected chi connectivity index (χ2v) is 4.75. The summed E-state index contributed by atoms with van der Waals surface area (Å²) in [5.74, 6) is 0.265. The lowest BCUT2D eigenvalue weighted by atomic mass is 10.3. The number of rotatable bonds is 6. The van der Waals surface area contributed by atoms with Gasteiger partial charge in [0, 0.05) is 12.6 Å². The minimum Gasteiger partial charge on any atom is -0.435 e. The second kappa shape index (κ2) is 7.02. The maximum Gasteiger partial charge on any atom is 0.387 e. The van der Waals surface area contributed by atoms with Crippen LogP contribution >= 0.6 is 11.8 Å². The van der Waals surface area contributed by atoms with Gasteiger partial charge in [-0.3, -0.25) is 4.79 Å². The Hall–Kier alpha value is -2.16. The minimum absolute atomic E-state index is 0.0266. The number of ether oxygens (including phenoxy) is 1. The first kappa shape index (κ1) is 15.2. The largest absolute Gasteiger partial charge is 0.435 e. The van der Waals surface area contributed by atoms with Crippen LogP contribution in [-0.2, 0) is 4.79 Å². The molecule has 0 saturated heterocycles. The molecule has 1 aromatic carbocycles. The highest BCUT2D eigenvalue weighted by Gasteiger charge is 2.09. The number of hydrogen-bond acceptors (Lipinski definition) is 6. The van der Waals surface area contributed by atoms with E-state index in [1.807, 2.05) is 0 Å². The van der Waals surface area contributed by atoms with Crippen molar-refractivity contribution in [1.82, 2.24) is 10.2 Å². The van der Waals surface area contributed by atoms with Crippen LogP contribution in [0, 0.1) is 6.92 Å². The third-order valence-electron chi connectivity index (χ3n) is 2.20. The van der Waals surface area contributed by atoms with Crippen LogP contribution in [0.5, 0.6) is 5.75 Å². The molecule has 0 fully saturated rings. The maximum atomic E-state index is 12.0. The summed E-state index contributed by atoms with van der Waals surface area (Å²) in [6, 6.07) is 5.63. The molecule has 112 valence electrons. The molecule has 1 aromatic heterocycles. The van der Waals surface area contributed by atoms with Crippen molar-refractivity contribution >= 4 is 23.4 Å². The summed E-state index contributed by atoms with van der Waals surface area (Å²) in [6.45, 7) is -1.22. The molecular weight excluding hydrogens is 304 g/mol. The predicted molar refractivity (Wildman–Crippen MR) is 71.5 cm³/mol. The number of benzene rings is 1. The standard InChI is InChI=1S/C12H11F2N3O3S/c1-7-16-17-12(19-7)21-6-10(18)15-8-2-4-9(5-3-8)20-11(13)14/h2-5,11H,6H2,1H3,(H,15,18). The van der Waals surface area contributed by atoms with Gasteiger partial charge < -0.3 is 14.5 Å². The minimum atomic E-state index is -2.88. The van der Waals surface area contributed by atoms with E-state index in [2.05, 4.69) is 20.3 Å². The van der Waals surface area contributed by atoms with Crippen LogP contribution in [0.3, 0.4) is 0 Å². The van der Waals surface area contributed by atoms with E-state index >= 15 is 0 Å². The molecule has 0 unspecified atom stereocenters. The summed E-state index contributed by atoms with van der Waals surface area (Å²) < 4.78 is 33.3. The summed E-state index contributed by atoms with van der Waals surface area (Å²) in [5, 5.41) is 10.3. The molecule has 0 aliphatic carbocycles. The lowest BCUT2D eigenvalue weighted by molar-refractivity contribution is -0.113. The van der Waals surface area contributed by atoms with Gasteiger partial charge in [0.2, 0.25) is 11.8 Å². The quantitative estimate of drug-likeness (QED) is 0.826. The van der Waals surface area contributed by atoms with E-state index in [4.69, 9.17) is 4.42 Å². The third-order valence-corrected chi connectivity index (χ3v) is 3.02. The lowest BCUT2D eigenvalue weighted by Gasteiger charge is -2.06. The van der Waals surface area contributed by atoms with Crippen molar-refractivity contribution in [2.24, 2.45) is 0 Å². The Labute approximate surface area is 122 Å². The second-order valence-electron chi connectivity index (χ2n) is 3.83. The number of nitrogens with zero attached hydrogens (tertiary/aromatic N) is 2. The van der Waals surface area contributed by atoms with Gasteiger partial charge >= 0.3 is 6.61 Å². The van der Waals surface area contributed by atoms with E-state index in [-0.39, 0.29) is 17.4 Å². The van der Waals surface area contributed by atoms with Gasteiger partial charge in [0.15, 0.2) is 0 Å². The zero-order valence-corrected chi connectivity index (χ0v) is 11.7. The number of aromatic nitrogens is 2. The fourth-order valence-corrected chi connectivity index (χ4v) is 1.99. The molecule has 0 atom stereocenters. The van der Waals surface area contributed by atoms with E-state index in [9.17, 15) is 13.6 Å². The van der Waals surface area contributed by atoms with E-state index in [1.165, 1.54) is 24.3 Å². The number of aryl methyl sites for hydroxylation is 1. The van der Waals surface area contributed by atoms with Crippen LogP contribution in [0.2, 0.25) is 0 Å². The van der Waals surface area contributed by atoms with Gasteiger partial charge in [-0.05, 0) is 24.3 Å². The molecule has 1 heterocycles. The van der Waals surface area contributed by atoms with Gasteiger partial charge in [-0.1, -0.05) is 11.8 Å². The first-order valence-corrected chi connectivity index (χ1v) is 6.79. The highest BCUT2D eigenvalue weighted by atomic mass is 32.2. The van der Waals surface area contributed by atoms with Gasteiger partial charge in [0.05, 0.1) is 5.75 Å². The number of halogens is 2. The first-order chi connectivity index (χ1) is 10.0. The third kappa shape index (κ3) is 5.03. The monoisotopic (exact) mass is 315 g/mol.